The summed E-state index contributed by atoms with van der Waals surface area (Å²) in [5.74, 6) is -1.91. The van der Waals surface area contributed by atoms with E-state index in [4.69, 9.17) is 0 Å². The molecule has 0 bridgehead atoms. The van der Waals surface area contributed by atoms with Gasteiger partial charge >= 0.3 is 0 Å². The Morgan fingerprint density at radius 1 is 1.12 bits per heavy atom. The van der Waals surface area contributed by atoms with E-state index >= 15 is 0 Å². The lowest BCUT2D eigenvalue weighted by Gasteiger charge is -2.22. The van der Waals surface area contributed by atoms with Crippen LogP contribution >= 0.6 is 0 Å². The van der Waals surface area contributed by atoms with Gasteiger partial charge in [0.25, 0.3) is 0 Å². The van der Waals surface area contributed by atoms with Gasteiger partial charge in [0.2, 0.25) is 5.91 Å². The molecular weight excluding hydrogens is 314 g/mol. The molecule has 24 heavy (non-hydrogen) atoms. The Morgan fingerprint density at radius 3 is 2.42 bits per heavy atom. The number of nitrogens with zero attached hydrogens (tertiary/aromatic N) is 1. The van der Waals surface area contributed by atoms with E-state index in [2.05, 4.69) is 5.32 Å². The monoisotopic (exact) mass is 332 g/mol. The fourth-order valence-electron chi connectivity index (χ4n) is 2.99. The number of halogens is 2. The van der Waals surface area contributed by atoms with Gasteiger partial charge in [-0.2, -0.15) is 0 Å². The van der Waals surface area contributed by atoms with Crippen LogP contribution in [0, 0.1) is 11.6 Å². The van der Waals surface area contributed by atoms with Crippen LogP contribution in [0.3, 0.4) is 0 Å². The predicted molar refractivity (Wildman–Crippen MR) is 86.5 cm³/mol. The molecule has 0 radical (unpaired) electrons. The number of amides is 1. The number of nitrogens with one attached hydrogen (secondary N) is 1. The molecule has 0 aliphatic carbocycles. The summed E-state index contributed by atoms with van der Waals surface area (Å²) in [6.07, 6.45) is 0.413. The zero-order valence-electron chi connectivity index (χ0n) is 13.0. The maximum atomic E-state index is 13.9. The molecule has 126 valence electrons. The van der Waals surface area contributed by atoms with Gasteiger partial charge in [-0.1, -0.05) is 36.4 Å². The third-order valence-corrected chi connectivity index (χ3v) is 4.20. The van der Waals surface area contributed by atoms with E-state index in [1.165, 1.54) is 6.07 Å². The highest BCUT2D eigenvalue weighted by Crippen LogP contribution is 2.28. The van der Waals surface area contributed by atoms with Crippen LogP contribution < -0.4 is 10.2 Å². The molecule has 3 rings (SSSR count). The second-order valence-electron chi connectivity index (χ2n) is 5.71. The van der Waals surface area contributed by atoms with Crippen molar-refractivity contribution in [2.45, 2.75) is 18.5 Å². The largest absolute Gasteiger partial charge is 0.394 e. The molecule has 0 saturated carbocycles. The van der Waals surface area contributed by atoms with Gasteiger partial charge in [-0.3, -0.25) is 10.1 Å². The van der Waals surface area contributed by atoms with Crippen LogP contribution in [0.25, 0.3) is 0 Å². The molecule has 1 amide bonds. The van der Waals surface area contributed by atoms with Crippen LogP contribution in [0.15, 0.2) is 48.5 Å². The molecule has 0 unspecified atom stereocenters. The van der Waals surface area contributed by atoms with Crippen LogP contribution in [-0.2, 0) is 4.79 Å². The minimum atomic E-state index is -0.759. The van der Waals surface area contributed by atoms with Crippen molar-refractivity contribution in [3.63, 3.8) is 0 Å². The van der Waals surface area contributed by atoms with Crippen molar-refractivity contribution < 1.29 is 18.7 Å². The highest BCUT2D eigenvalue weighted by Gasteiger charge is 2.36. The van der Waals surface area contributed by atoms with Gasteiger partial charge in [0.1, 0.15) is 17.3 Å². The average Bonchev–Trinajstić information content (AvgIpc) is 2.94. The van der Waals surface area contributed by atoms with E-state index in [1.807, 2.05) is 30.3 Å². The summed E-state index contributed by atoms with van der Waals surface area (Å²) in [6, 6.07) is 11.8. The van der Waals surface area contributed by atoms with Crippen LogP contribution in [0.5, 0.6) is 0 Å². The summed E-state index contributed by atoms with van der Waals surface area (Å²) in [6.45, 7) is 0.0448. The molecule has 0 spiro atoms. The Morgan fingerprint density at radius 2 is 1.79 bits per heavy atom. The summed E-state index contributed by atoms with van der Waals surface area (Å²) < 4.78 is 27.8. The topological polar surface area (TPSA) is 52.6 Å². The lowest BCUT2D eigenvalue weighted by atomic mass is 10.1. The first kappa shape index (κ1) is 16.5. The van der Waals surface area contributed by atoms with Crippen molar-refractivity contribution in [3.05, 3.63) is 65.7 Å². The molecule has 1 aliphatic rings. The average molecular weight is 332 g/mol. The molecule has 2 aromatic carbocycles. The van der Waals surface area contributed by atoms with Crippen LogP contribution in [0.2, 0.25) is 0 Å². The summed E-state index contributed by atoms with van der Waals surface area (Å²) in [5.41, 5.74) is 0.537. The Hall–Kier alpha value is -2.31. The molecule has 2 aromatic rings. The zero-order chi connectivity index (χ0) is 17.1. The first-order chi connectivity index (χ1) is 11.6. The van der Waals surface area contributed by atoms with E-state index < -0.39 is 29.6 Å². The first-order valence-electron chi connectivity index (χ1n) is 7.79. The number of hydrogen-bond donors (Lipinski definition) is 2. The minimum Gasteiger partial charge on any atom is -0.394 e. The van der Waals surface area contributed by atoms with Crippen molar-refractivity contribution in [2.24, 2.45) is 0 Å². The van der Waals surface area contributed by atoms with E-state index in [1.54, 1.807) is 0 Å². The van der Waals surface area contributed by atoms with Crippen molar-refractivity contribution in [1.29, 1.82) is 0 Å². The number of benzene rings is 2. The summed E-state index contributed by atoms with van der Waals surface area (Å²) in [7, 11) is 0. The molecule has 6 heteroatoms. The second-order valence-corrected chi connectivity index (χ2v) is 5.71. The Balaban J connectivity index is 1.77. The zero-order valence-corrected chi connectivity index (χ0v) is 13.0. The quantitative estimate of drug-likeness (QED) is 0.884. The summed E-state index contributed by atoms with van der Waals surface area (Å²) in [4.78, 5) is 13.7. The molecule has 2 N–H and O–H groups in total. The lowest BCUT2D eigenvalue weighted by Crippen LogP contribution is -2.41. The molecule has 0 aromatic heterocycles. The van der Waals surface area contributed by atoms with Crippen molar-refractivity contribution in [3.8, 4) is 0 Å². The number of para-hydroxylation sites is 1. The lowest BCUT2D eigenvalue weighted by molar-refractivity contribution is -0.119. The predicted octanol–water partition coefficient (Wildman–Crippen LogP) is 2.39. The highest BCUT2D eigenvalue weighted by molar-refractivity contribution is 5.99. The third-order valence-electron chi connectivity index (χ3n) is 4.20. The van der Waals surface area contributed by atoms with Crippen LogP contribution in [0.1, 0.15) is 18.0 Å². The summed E-state index contributed by atoms with van der Waals surface area (Å²) in [5, 5.41) is 12.7. The summed E-state index contributed by atoms with van der Waals surface area (Å²) >= 11 is 0. The standard InChI is InChI=1S/C18H18F2N2O2/c19-13-7-4-8-14(20)17(13)22-10-9-15(18(22)24)21-16(11-23)12-5-2-1-3-6-12/h1-8,15-16,21,23H,9-11H2/t15-,16+/m1/s1. The van der Waals surface area contributed by atoms with E-state index in [9.17, 15) is 18.7 Å². The first-order valence-corrected chi connectivity index (χ1v) is 7.79. The number of hydrogen-bond acceptors (Lipinski definition) is 3. The second kappa shape index (κ2) is 7.07. The van der Waals surface area contributed by atoms with Crippen molar-refractivity contribution in [1.82, 2.24) is 5.32 Å². The number of rotatable bonds is 5. The number of aliphatic hydroxyl groups is 1. The molecule has 2 atom stereocenters. The number of anilines is 1. The van der Waals surface area contributed by atoms with E-state index in [-0.39, 0.29) is 18.8 Å². The smallest absolute Gasteiger partial charge is 0.244 e. The van der Waals surface area contributed by atoms with Gasteiger partial charge in [-0.15, -0.1) is 0 Å². The van der Waals surface area contributed by atoms with Gasteiger partial charge in [-0.25, -0.2) is 8.78 Å². The minimum absolute atomic E-state index is 0.179. The van der Waals surface area contributed by atoms with Crippen molar-refractivity contribution in [2.75, 3.05) is 18.1 Å². The van der Waals surface area contributed by atoms with Crippen LogP contribution in [-0.4, -0.2) is 30.2 Å². The Labute approximate surface area is 138 Å². The van der Waals surface area contributed by atoms with E-state index in [0.29, 0.717) is 6.42 Å². The molecule has 1 saturated heterocycles. The fraction of sp³-hybridized carbons (Fsp3) is 0.278. The molecular formula is C18H18F2N2O2. The van der Waals surface area contributed by atoms with Crippen LogP contribution in [0.4, 0.5) is 14.5 Å². The number of carbonyl (C=O) groups is 1. The van der Waals surface area contributed by atoms with Gasteiger partial charge < -0.3 is 10.0 Å². The molecule has 1 fully saturated rings. The highest BCUT2D eigenvalue weighted by atomic mass is 19.1. The normalized spacial score (nSPS) is 18.9. The van der Waals surface area contributed by atoms with Gasteiger partial charge in [-0.05, 0) is 24.1 Å². The number of carbonyl (C=O) groups excluding carboxylic acids is 1. The van der Waals surface area contributed by atoms with Gasteiger partial charge in [0.15, 0.2) is 0 Å². The SMILES string of the molecule is O=C1[C@H](N[C@@H](CO)c2ccccc2)CCN1c1c(F)cccc1F. The third kappa shape index (κ3) is 3.16. The maximum absolute atomic E-state index is 13.9. The molecule has 4 nitrogen and oxygen atoms in total. The molecule has 1 heterocycles. The maximum Gasteiger partial charge on any atom is 0.244 e. The van der Waals surface area contributed by atoms with Crippen molar-refractivity contribution >= 4 is 11.6 Å². The Kier molecular flexibility index (Phi) is 4.87. The van der Waals surface area contributed by atoms with Gasteiger partial charge in [0, 0.05) is 6.54 Å². The van der Waals surface area contributed by atoms with Gasteiger partial charge in [0.05, 0.1) is 18.7 Å². The fourth-order valence-corrected chi connectivity index (χ4v) is 2.99. The molecule has 1 aliphatic heterocycles. The van der Waals surface area contributed by atoms with E-state index in [0.717, 1.165) is 22.6 Å². The number of aliphatic hydroxyl groups excluding tert-OH is 1. The Bertz CT molecular complexity index is 704.